The first-order valence-electron chi connectivity index (χ1n) is 6.56. The van der Waals surface area contributed by atoms with Crippen LogP contribution in [0.4, 0.5) is 0 Å². The molecule has 1 N–H and O–H groups in total. The normalized spacial score (nSPS) is 28.9. The maximum absolute atomic E-state index is 3.93. The molecule has 0 aromatic rings. The van der Waals surface area contributed by atoms with E-state index in [1.807, 2.05) is 0 Å². The maximum Gasteiger partial charge on any atom is 0.0155 e. The Morgan fingerprint density at radius 3 is 2.00 bits per heavy atom. The monoisotopic (exact) mass is 195 g/mol. The zero-order chi connectivity index (χ0) is 9.86. The Hall–Kier alpha value is -0.0400. The molecule has 2 rings (SSSR count). The molecule has 1 nitrogen and oxygen atoms in total. The Morgan fingerprint density at radius 1 is 0.857 bits per heavy atom. The van der Waals surface area contributed by atoms with Crippen LogP contribution in [-0.2, 0) is 0 Å². The standard InChI is InChI=1S/C13H25N/c1-13(10-6-2-3-7-11-13)14-12-8-4-5-9-12/h12,14H,2-11H2,1H3. The molecule has 82 valence electrons. The molecular formula is C13H25N. The summed E-state index contributed by atoms with van der Waals surface area (Å²) in [6.45, 7) is 2.46. The summed E-state index contributed by atoms with van der Waals surface area (Å²) in [4.78, 5) is 0. The Balaban J connectivity index is 1.85. The van der Waals surface area contributed by atoms with Crippen LogP contribution in [-0.4, -0.2) is 11.6 Å². The second kappa shape index (κ2) is 4.65. The predicted molar refractivity (Wildman–Crippen MR) is 61.5 cm³/mol. The maximum atomic E-state index is 3.93. The summed E-state index contributed by atoms with van der Waals surface area (Å²) in [6, 6.07) is 0.845. The molecule has 0 radical (unpaired) electrons. The van der Waals surface area contributed by atoms with E-state index in [4.69, 9.17) is 0 Å². The quantitative estimate of drug-likeness (QED) is 0.663. The zero-order valence-electron chi connectivity index (χ0n) is 9.65. The van der Waals surface area contributed by atoms with E-state index in [0.717, 1.165) is 6.04 Å². The van der Waals surface area contributed by atoms with E-state index in [2.05, 4.69) is 12.2 Å². The highest BCUT2D eigenvalue weighted by Gasteiger charge is 2.28. The molecule has 2 saturated carbocycles. The molecule has 0 aromatic carbocycles. The summed E-state index contributed by atoms with van der Waals surface area (Å²) >= 11 is 0. The Morgan fingerprint density at radius 2 is 1.43 bits per heavy atom. The highest BCUT2D eigenvalue weighted by molar-refractivity contribution is 4.89. The lowest BCUT2D eigenvalue weighted by Crippen LogP contribution is -2.46. The minimum absolute atomic E-state index is 0.478. The second-order valence-corrected chi connectivity index (χ2v) is 5.60. The van der Waals surface area contributed by atoms with Gasteiger partial charge in [-0.1, -0.05) is 38.5 Å². The first-order chi connectivity index (χ1) is 6.79. The van der Waals surface area contributed by atoms with E-state index in [-0.39, 0.29) is 0 Å². The molecule has 14 heavy (non-hydrogen) atoms. The van der Waals surface area contributed by atoms with Crippen LogP contribution < -0.4 is 5.32 Å². The average Bonchev–Trinajstić information content (AvgIpc) is 2.55. The zero-order valence-corrected chi connectivity index (χ0v) is 9.65. The molecule has 2 fully saturated rings. The fourth-order valence-electron chi connectivity index (χ4n) is 3.22. The van der Waals surface area contributed by atoms with Gasteiger partial charge in [-0.3, -0.25) is 0 Å². The lowest BCUT2D eigenvalue weighted by molar-refractivity contribution is 0.275. The largest absolute Gasteiger partial charge is 0.309 e. The van der Waals surface area contributed by atoms with Crippen LogP contribution in [0.1, 0.15) is 71.1 Å². The summed E-state index contributed by atoms with van der Waals surface area (Å²) in [5.41, 5.74) is 0.478. The van der Waals surface area contributed by atoms with Crippen LogP contribution in [0.5, 0.6) is 0 Å². The molecule has 0 aromatic heterocycles. The first kappa shape index (κ1) is 10.5. The van der Waals surface area contributed by atoms with E-state index in [1.54, 1.807) is 0 Å². The van der Waals surface area contributed by atoms with Crippen molar-refractivity contribution >= 4 is 0 Å². The fourth-order valence-corrected chi connectivity index (χ4v) is 3.22. The van der Waals surface area contributed by atoms with Gasteiger partial charge in [-0.15, -0.1) is 0 Å². The second-order valence-electron chi connectivity index (χ2n) is 5.60. The van der Waals surface area contributed by atoms with Gasteiger partial charge < -0.3 is 5.32 Å². The number of rotatable bonds is 2. The van der Waals surface area contributed by atoms with Crippen molar-refractivity contribution < 1.29 is 0 Å². The van der Waals surface area contributed by atoms with Gasteiger partial charge in [0.05, 0.1) is 0 Å². The Bertz CT molecular complexity index is 162. The molecule has 0 atom stereocenters. The van der Waals surface area contributed by atoms with Crippen LogP contribution in [0.15, 0.2) is 0 Å². The fraction of sp³-hybridized carbons (Fsp3) is 1.00. The van der Waals surface area contributed by atoms with Crippen LogP contribution in [0.2, 0.25) is 0 Å². The first-order valence-corrected chi connectivity index (χ1v) is 6.56. The molecular weight excluding hydrogens is 170 g/mol. The van der Waals surface area contributed by atoms with Gasteiger partial charge in [0.15, 0.2) is 0 Å². The van der Waals surface area contributed by atoms with Crippen molar-refractivity contribution in [2.24, 2.45) is 0 Å². The van der Waals surface area contributed by atoms with Gasteiger partial charge in [-0.05, 0) is 32.6 Å². The molecule has 0 bridgehead atoms. The molecule has 1 heteroatoms. The third-order valence-corrected chi connectivity index (χ3v) is 4.11. The predicted octanol–water partition coefficient (Wildman–Crippen LogP) is 3.63. The van der Waals surface area contributed by atoms with Crippen molar-refractivity contribution in [1.29, 1.82) is 0 Å². The lowest BCUT2D eigenvalue weighted by atomic mass is 9.91. The van der Waals surface area contributed by atoms with Crippen LogP contribution in [0.3, 0.4) is 0 Å². The van der Waals surface area contributed by atoms with Gasteiger partial charge in [0.2, 0.25) is 0 Å². The minimum atomic E-state index is 0.478. The van der Waals surface area contributed by atoms with Gasteiger partial charge in [0, 0.05) is 11.6 Å². The molecule has 0 unspecified atom stereocenters. The van der Waals surface area contributed by atoms with Crippen LogP contribution in [0, 0.1) is 0 Å². The molecule has 0 amide bonds. The van der Waals surface area contributed by atoms with Gasteiger partial charge in [-0.2, -0.15) is 0 Å². The highest BCUT2D eigenvalue weighted by Crippen LogP contribution is 2.29. The van der Waals surface area contributed by atoms with Gasteiger partial charge in [0.1, 0.15) is 0 Å². The topological polar surface area (TPSA) is 12.0 Å². The van der Waals surface area contributed by atoms with E-state index in [0.29, 0.717) is 5.54 Å². The molecule has 0 saturated heterocycles. The third-order valence-electron chi connectivity index (χ3n) is 4.11. The lowest BCUT2D eigenvalue weighted by Gasteiger charge is -2.33. The van der Waals surface area contributed by atoms with Gasteiger partial charge in [0.25, 0.3) is 0 Å². The molecule has 0 aliphatic heterocycles. The minimum Gasteiger partial charge on any atom is -0.309 e. The van der Waals surface area contributed by atoms with E-state index >= 15 is 0 Å². The van der Waals surface area contributed by atoms with E-state index in [9.17, 15) is 0 Å². The summed E-state index contributed by atoms with van der Waals surface area (Å²) in [6.07, 6.45) is 14.4. The van der Waals surface area contributed by atoms with Crippen molar-refractivity contribution in [2.75, 3.05) is 0 Å². The number of nitrogens with one attached hydrogen (secondary N) is 1. The van der Waals surface area contributed by atoms with Gasteiger partial charge >= 0.3 is 0 Å². The molecule has 0 heterocycles. The van der Waals surface area contributed by atoms with Crippen molar-refractivity contribution in [1.82, 2.24) is 5.32 Å². The number of hydrogen-bond donors (Lipinski definition) is 1. The van der Waals surface area contributed by atoms with E-state index in [1.165, 1.54) is 64.2 Å². The summed E-state index contributed by atoms with van der Waals surface area (Å²) < 4.78 is 0. The van der Waals surface area contributed by atoms with Crippen molar-refractivity contribution in [3.8, 4) is 0 Å². The molecule has 2 aliphatic rings. The van der Waals surface area contributed by atoms with Crippen molar-refractivity contribution in [3.05, 3.63) is 0 Å². The van der Waals surface area contributed by atoms with Gasteiger partial charge in [-0.25, -0.2) is 0 Å². The summed E-state index contributed by atoms with van der Waals surface area (Å²) in [5, 5.41) is 3.93. The molecule has 2 aliphatic carbocycles. The smallest absolute Gasteiger partial charge is 0.0155 e. The third kappa shape index (κ3) is 2.73. The van der Waals surface area contributed by atoms with Crippen LogP contribution >= 0.6 is 0 Å². The Kier molecular flexibility index (Phi) is 3.48. The summed E-state index contributed by atoms with van der Waals surface area (Å²) in [7, 11) is 0. The highest BCUT2D eigenvalue weighted by atomic mass is 15.0. The average molecular weight is 195 g/mol. The van der Waals surface area contributed by atoms with Crippen molar-refractivity contribution in [3.63, 3.8) is 0 Å². The van der Waals surface area contributed by atoms with Crippen molar-refractivity contribution in [2.45, 2.75) is 82.7 Å². The summed E-state index contributed by atoms with van der Waals surface area (Å²) in [5.74, 6) is 0. The van der Waals surface area contributed by atoms with Crippen LogP contribution in [0.25, 0.3) is 0 Å². The van der Waals surface area contributed by atoms with E-state index < -0.39 is 0 Å². The SMILES string of the molecule is CC1(NC2CCCC2)CCCCCC1. The number of hydrogen-bond acceptors (Lipinski definition) is 1. The Labute approximate surface area is 88.7 Å². The molecule has 0 spiro atoms.